The van der Waals surface area contributed by atoms with Crippen LogP contribution in [0.5, 0.6) is 0 Å². The molecular formula is C12H15F2NO. The minimum absolute atomic E-state index is 0.0510. The van der Waals surface area contributed by atoms with Gasteiger partial charge in [0.15, 0.2) is 17.4 Å². The highest BCUT2D eigenvalue weighted by Gasteiger charge is 2.26. The highest BCUT2D eigenvalue weighted by molar-refractivity contribution is 5.89. The molecule has 0 bridgehead atoms. The maximum Gasteiger partial charge on any atom is 0.162 e. The summed E-state index contributed by atoms with van der Waals surface area (Å²) in [6, 6.07) is 3.79. The lowest BCUT2D eigenvalue weighted by molar-refractivity contribution is -0.123. The second-order valence-corrected chi connectivity index (χ2v) is 4.08. The van der Waals surface area contributed by atoms with Crippen molar-refractivity contribution >= 4 is 5.78 Å². The maximum absolute atomic E-state index is 13.3. The summed E-state index contributed by atoms with van der Waals surface area (Å²) in [5, 5.41) is 0. The molecule has 0 amide bonds. The molecule has 0 spiro atoms. The quantitative estimate of drug-likeness (QED) is 0.856. The normalized spacial score (nSPS) is 14.6. The number of Topliss-reactive ketones (excluding diaryl/α,β-unsaturated/α-hetero) is 1. The smallest absolute Gasteiger partial charge is 0.162 e. The first-order chi connectivity index (χ1) is 7.38. The molecule has 0 aromatic heterocycles. The van der Waals surface area contributed by atoms with Crippen LogP contribution in [0.25, 0.3) is 0 Å². The van der Waals surface area contributed by atoms with Crippen LogP contribution in [0.4, 0.5) is 8.78 Å². The summed E-state index contributed by atoms with van der Waals surface area (Å²) in [4.78, 5) is 11.7. The minimum Gasteiger partial charge on any atom is -0.319 e. The average Bonchev–Trinajstić information content (AvgIpc) is 2.24. The van der Waals surface area contributed by atoms with Crippen LogP contribution >= 0.6 is 0 Å². The first-order valence-corrected chi connectivity index (χ1v) is 5.13. The topological polar surface area (TPSA) is 43.1 Å². The Bertz CT molecular complexity index is 402. The van der Waals surface area contributed by atoms with E-state index in [1.54, 1.807) is 13.8 Å². The van der Waals surface area contributed by atoms with E-state index in [9.17, 15) is 13.6 Å². The Labute approximate surface area is 93.5 Å². The van der Waals surface area contributed by atoms with Crippen molar-refractivity contribution in [3.63, 3.8) is 0 Å². The highest BCUT2D eigenvalue weighted by Crippen LogP contribution is 2.16. The number of rotatable bonds is 4. The maximum atomic E-state index is 13.3. The predicted octanol–water partition coefficient (Wildman–Crippen LogP) is 2.20. The molecule has 0 aliphatic rings. The summed E-state index contributed by atoms with van der Waals surface area (Å²) < 4.78 is 26.2. The number of nitrogens with two attached hydrogens (primary N) is 1. The number of halogens is 2. The fourth-order valence-electron chi connectivity index (χ4n) is 1.26. The Morgan fingerprint density at radius 1 is 1.44 bits per heavy atom. The summed E-state index contributed by atoms with van der Waals surface area (Å²) in [7, 11) is 0. The number of ketones is 1. The lowest BCUT2D eigenvalue weighted by Crippen LogP contribution is -2.45. The van der Waals surface area contributed by atoms with Crippen molar-refractivity contribution in [3.8, 4) is 0 Å². The molecule has 2 N–H and O–H groups in total. The number of hydrogen-bond acceptors (Lipinski definition) is 2. The lowest BCUT2D eigenvalue weighted by atomic mass is 9.90. The van der Waals surface area contributed by atoms with Crippen LogP contribution < -0.4 is 5.73 Å². The van der Waals surface area contributed by atoms with Gasteiger partial charge in [0.2, 0.25) is 0 Å². The highest BCUT2D eigenvalue weighted by atomic mass is 19.2. The zero-order chi connectivity index (χ0) is 12.3. The minimum atomic E-state index is -0.987. The monoisotopic (exact) mass is 227 g/mol. The van der Waals surface area contributed by atoms with Crippen LogP contribution in [0, 0.1) is 11.6 Å². The van der Waals surface area contributed by atoms with Gasteiger partial charge in [0, 0.05) is 6.42 Å². The van der Waals surface area contributed by atoms with E-state index in [0.29, 0.717) is 6.42 Å². The van der Waals surface area contributed by atoms with Crippen LogP contribution in [0.3, 0.4) is 0 Å². The number of benzene rings is 1. The van der Waals surface area contributed by atoms with Crippen molar-refractivity contribution in [2.45, 2.75) is 32.2 Å². The van der Waals surface area contributed by atoms with Gasteiger partial charge >= 0.3 is 0 Å². The van der Waals surface area contributed by atoms with Gasteiger partial charge in [0.1, 0.15) is 0 Å². The zero-order valence-corrected chi connectivity index (χ0v) is 9.39. The van der Waals surface area contributed by atoms with Crippen molar-refractivity contribution in [2.24, 2.45) is 5.73 Å². The molecule has 4 heteroatoms. The molecule has 1 rings (SSSR count). The van der Waals surface area contributed by atoms with Gasteiger partial charge in [-0.05, 0) is 25.0 Å². The summed E-state index contributed by atoms with van der Waals surface area (Å²) >= 11 is 0. The molecule has 16 heavy (non-hydrogen) atoms. The van der Waals surface area contributed by atoms with Crippen LogP contribution in [-0.2, 0) is 11.2 Å². The molecule has 1 unspecified atom stereocenters. The second-order valence-electron chi connectivity index (χ2n) is 4.08. The fraction of sp³-hybridized carbons (Fsp3) is 0.417. The average molecular weight is 227 g/mol. The summed E-state index contributed by atoms with van der Waals surface area (Å²) in [6.07, 6.45) is 0.285. The van der Waals surface area contributed by atoms with Crippen LogP contribution in [0.1, 0.15) is 25.8 Å². The third-order valence-electron chi connectivity index (χ3n) is 2.75. The van der Waals surface area contributed by atoms with E-state index in [2.05, 4.69) is 0 Å². The van der Waals surface area contributed by atoms with Crippen LogP contribution in [0.15, 0.2) is 18.2 Å². The molecule has 0 saturated heterocycles. The molecule has 1 aromatic carbocycles. The van der Waals surface area contributed by atoms with Crippen molar-refractivity contribution in [1.29, 1.82) is 0 Å². The third kappa shape index (κ3) is 2.64. The molecule has 0 heterocycles. The Morgan fingerprint density at radius 2 is 2.06 bits per heavy atom. The molecule has 0 fully saturated rings. The lowest BCUT2D eigenvalue weighted by Gasteiger charge is -2.20. The van der Waals surface area contributed by atoms with E-state index < -0.39 is 17.2 Å². The van der Waals surface area contributed by atoms with Crippen LogP contribution in [-0.4, -0.2) is 11.3 Å². The molecule has 0 aliphatic carbocycles. The SMILES string of the molecule is CCC(C)(N)C(=O)Cc1cccc(F)c1F. The van der Waals surface area contributed by atoms with Gasteiger partial charge in [0.25, 0.3) is 0 Å². The molecule has 2 nitrogen and oxygen atoms in total. The van der Waals surface area contributed by atoms with Gasteiger partial charge in [-0.25, -0.2) is 8.78 Å². The second kappa shape index (κ2) is 4.70. The number of carbonyl (C=O) groups excluding carboxylic acids is 1. The van der Waals surface area contributed by atoms with Gasteiger partial charge in [-0.2, -0.15) is 0 Å². The first-order valence-electron chi connectivity index (χ1n) is 5.13. The van der Waals surface area contributed by atoms with Crippen molar-refractivity contribution < 1.29 is 13.6 Å². The Balaban J connectivity index is 2.90. The largest absolute Gasteiger partial charge is 0.319 e. The fourth-order valence-corrected chi connectivity index (χ4v) is 1.26. The van der Waals surface area contributed by atoms with Crippen molar-refractivity contribution in [2.75, 3.05) is 0 Å². The molecule has 0 aliphatic heterocycles. The van der Waals surface area contributed by atoms with Gasteiger partial charge < -0.3 is 5.73 Å². The molecule has 0 saturated carbocycles. The molecule has 1 aromatic rings. The Morgan fingerprint density at radius 3 is 2.62 bits per heavy atom. The molecular weight excluding hydrogens is 212 g/mol. The molecule has 88 valence electrons. The van der Waals surface area contributed by atoms with E-state index in [0.717, 1.165) is 6.07 Å². The predicted molar refractivity (Wildman–Crippen MR) is 58.0 cm³/mol. The Kier molecular flexibility index (Phi) is 3.75. The molecule has 0 radical (unpaired) electrons. The number of carbonyl (C=O) groups is 1. The van der Waals surface area contributed by atoms with Crippen molar-refractivity contribution in [3.05, 3.63) is 35.4 Å². The third-order valence-corrected chi connectivity index (χ3v) is 2.75. The zero-order valence-electron chi connectivity index (χ0n) is 9.39. The summed E-state index contributed by atoms with van der Waals surface area (Å²) in [6.45, 7) is 3.37. The first kappa shape index (κ1) is 12.8. The van der Waals surface area contributed by atoms with Gasteiger partial charge in [-0.15, -0.1) is 0 Å². The van der Waals surface area contributed by atoms with E-state index >= 15 is 0 Å². The molecule has 1 atom stereocenters. The van der Waals surface area contributed by atoms with Gasteiger partial charge in [0.05, 0.1) is 5.54 Å². The Hall–Kier alpha value is -1.29. The summed E-state index contributed by atoms with van der Waals surface area (Å²) in [5.41, 5.74) is 4.79. The van der Waals surface area contributed by atoms with E-state index in [1.807, 2.05) is 0 Å². The van der Waals surface area contributed by atoms with E-state index in [4.69, 9.17) is 5.73 Å². The van der Waals surface area contributed by atoms with E-state index in [-0.39, 0.29) is 17.8 Å². The number of hydrogen-bond donors (Lipinski definition) is 1. The van der Waals surface area contributed by atoms with Gasteiger partial charge in [-0.3, -0.25) is 4.79 Å². The summed E-state index contributed by atoms with van der Waals surface area (Å²) in [5.74, 6) is -2.21. The van der Waals surface area contributed by atoms with Crippen molar-refractivity contribution in [1.82, 2.24) is 0 Å². The van der Waals surface area contributed by atoms with Crippen LogP contribution in [0.2, 0.25) is 0 Å². The van der Waals surface area contributed by atoms with Gasteiger partial charge in [-0.1, -0.05) is 19.1 Å². The standard InChI is InChI=1S/C12H15F2NO/c1-3-12(2,15)10(16)7-8-5-4-6-9(13)11(8)14/h4-6H,3,7,15H2,1-2H3. The van der Waals surface area contributed by atoms with E-state index in [1.165, 1.54) is 12.1 Å².